The van der Waals surface area contributed by atoms with E-state index in [1.807, 2.05) is 0 Å². The molecule has 3 nitrogen and oxygen atoms in total. The van der Waals surface area contributed by atoms with Crippen molar-refractivity contribution in [1.82, 2.24) is 4.57 Å². The van der Waals surface area contributed by atoms with Gasteiger partial charge in [-0.1, -0.05) is 20.8 Å². The summed E-state index contributed by atoms with van der Waals surface area (Å²) in [5.74, 6) is 1.77. The van der Waals surface area contributed by atoms with Gasteiger partial charge in [-0.25, -0.2) is 0 Å². The first-order chi connectivity index (χ1) is 8.80. The van der Waals surface area contributed by atoms with Crippen LogP contribution in [0.2, 0.25) is 0 Å². The summed E-state index contributed by atoms with van der Waals surface area (Å²) in [6.07, 6.45) is 4.22. The third kappa shape index (κ3) is 1.42. The predicted molar refractivity (Wildman–Crippen MR) is 78.2 cm³/mol. The summed E-state index contributed by atoms with van der Waals surface area (Å²) < 4.78 is 2.13. The van der Waals surface area contributed by atoms with E-state index < -0.39 is 0 Å². The molecule has 4 atom stereocenters. The van der Waals surface area contributed by atoms with Crippen LogP contribution >= 0.6 is 0 Å². The van der Waals surface area contributed by atoms with Gasteiger partial charge in [0.15, 0.2) is 0 Å². The van der Waals surface area contributed by atoms with Gasteiger partial charge in [0.05, 0.1) is 12.1 Å². The van der Waals surface area contributed by atoms with Crippen molar-refractivity contribution in [3.63, 3.8) is 0 Å². The van der Waals surface area contributed by atoms with Crippen LogP contribution < -0.4 is 4.90 Å². The molecule has 0 aromatic carbocycles. The zero-order valence-electron chi connectivity index (χ0n) is 12.7. The Bertz CT molecular complexity index is 493. The maximum Gasteiger partial charge on any atom is 0.108 e. The highest BCUT2D eigenvalue weighted by Gasteiger charge is 2.66. The summed E-state index contributed by atoms with van der Waals surface area (Å²) in [6, 6.07) is 4.44. The molecule has 2 aliphatic carbocycles. The average molecular weight is 262 g/mol. The van der Waals surface area contributed by atoms with Gasteiger partial charge in [-0.15, -0.1) is 0 Å². The minimum Gasteiger partial charge on any atom is -0.390 e. The first-order valence-electron chi connectivity index (χ1n) is 7.33. The van der Waals surface area contributed by atoms with E-state index in [0.29, 0.717) is 5.92 Å². The Kier molecular flexibility index (Phi) is 2.60. The molecular formula is C16H26N2O. The van der Waals surface area contributed by atoms with Crippen molar-refractivity contribution in [2.75, 3.05) is 11.9 Å². The molecule has 19 heavy (non-hydrogen) atoms. The zero-order valence-corrected chi connectivity index (χ0v) is 12.7. The molecule has 0 aliphatic heterocycles. The van der Waals surface area contributed by atoms with E-state index in [9.17, 15) is 5.11 Å². The van der Waals surface area contributed by atoms with Gasteiger partial charge >= 0.3 is 0 Å². The summed E-state index contributed by atoms with van der Waals surface area (Å²) in [6.45, 7) is 6.95. The Morgan fingerprint density at radius 3 is 2.53 bits per heavy atom. The molecule has 1 N–H and O–H groups in total. The Labute approximate surface area is 116 Å². The molecule has 4 unspecified atom stereocenters. The molecule has 2 aliphatic rings. The van der Waals surface area contributed by atoms with E-state index in [2.05, 4.69) is 62.7 Å². The van der Waals surface area contributed by atoms with Crippen LogP contribution in [0.1, 0.15) is 33.6 Å². The van der Waals surface area contributed by atoms with E-state index in [-0.39, 0.29) is 23.0 Å². The number of aryl methyl sites for hydroxylation is 1. The largest absolute Gasteiger partial charge is 0.390 e. The number of hydrogen-bond acceptors (Lipinski definition) is 2. The topological polar surface area (TPSA) is 28.4 Å². The maximum absolute atomic E-state index is 10.9. The van der Waals surface area contributed by atoms with Crippen molar-refractivity contribution in [3.8, 4) is 0 Å². The lowest BCUT2D eigenvalue weighted by atomic mass is 9.70. The van der Waals surface area contributed by atoms with Crippen LogP contribution in [0.25, 0.3) is 0 Å². The van der Waals surface area contributed by atoms with Crippen molar-refractivity contribution >= 4 is 5.82 Å². The molecule has 2 bridgehead atoms. The number of rotatable bonds is 2. The Morgan fingerprint density at radius 2 is 2.05 bits per heavy atom. The van der Waals surface area contributed by atoms with Crippen molar-refractivity contribution < 1.29 is 5.11 Å². The molecule has 2 fully saturated rings. The maximum atomic E-state index is 10.9. The molecule has 3 rings (SSSR count). The summed E-state index contributed by atoms with van der Waals surface area (Å²) >= 11 is 0. The fraction of sp³-hybridized carbons (Fsp3) is 0.750. The molecule has 1 aromatic rings. The van der Waals surface area contributed by atoms with Crippen molar-refractivity contribution in [1.29, 1.82) is 0 Å². The number of aliphatic hydroxyl groups is 1. The van der Waals surface area contributed by atoms with Gasteiger partial charge in [-0.3, -0.25) is 0 Å². The molecular weight excluding hydrogens is 236 g/mol. The number of fused-ring (bicyclic) bond motifs is 2. The second-order valence-corrected chi connectivity index (χ2v) is 7.31. The number of anilines is 1. The van der Waals surface area contributed by atoms with Crippen LogP contribution in [0.5, 0.6) is 0 Å². The van der Waals surface area contributed by atoms with Crippen molar-refractivity contribution in [2.45, 2.75) is 45.8 Å². The lowest BCUT2D eigenvalue weighted by Gasteiger charge is -2.39. The molecule has 0 spiro atoms. The van der Waals surface area contributed by atoms with Crippen LogP contribution in [-0.4, -0.2) is 28.9 Å². The SMILES string of the molecule is CN(c1cccn1C)C1C2CCC(C)(C1O)C2(C)C. The van der Waals surface area contributed by atoms with Gasteiger partial charge < -0.3 is 14.6 Å². The van der Waals surface area contributed by atoms with Gasteiger partial charge in [-0.2, -0.15) is 0 Å². The van der Waals surface area contributed by atoms with Crippen LogP contribution in [0, 0.1) is 16.7 Å². The van der Waals surface area contributed by atoms with Crippen LogP contribution in [0.15, 0.2) is 18.3 Å². The Balaban J connectivity index is 1.98. The van der Waals surface area contributed by atoms with Crippen LogP contribution in [-0.2, 0) is 7.05 Å². The van der Waals surface area contributed by atoms with Gasteiger partial charge in [0.25, 0.3) is 0 Å². The van der Waals surface area contributed by atoms with E-state index in [4.69, 9.17) is 0 Å². The molecule has 0 saturated heterocycles. The second kappa shape index (κ2) is 3.78. The van der Waals surface area contributed by atoms with Gasteiger partial charge in [0.2, 0.25) is 0 Å². The van der Waals surface area contributed by atoms with E-state index in [1.54, 1.807) is 0 Å². The standard InChI is InChI=1S/C16H26N2O/c1-15(2)11-8-9-16(15,3)14(19)13(11)18(5)12-7-6-10-17(12)4/h6-7,10-11,13-14,19H,8-9H2,1-5H3. The number of likely N-dealkylation sites (N-methyl/N-ethyl adjacent to an activating group) is 1. The van der Waals surface area contributed by atoms with E-state index >= 15 is 0 Å². The van der Waals surface area contributed by atoms with Gasteiger partial charge in [0, 0.05) is 25.7 Å². The number of aliphatic hydroxyl groups excluding tert-OH is 1. The van der Waals surface area contributed by atoms with Crippen molar-refractivity contribution in [3.05, 3.63) is 18.3 Å². The first-order valence-corrected chi connectivity index (χ1v) is 7.33. The smallest absolute Gasteiger partial charge is 0.108 e. The van der Waals surface area contributed by atoms with Gasteiger partial charge in [-0.05, 0) is 36.3 Å². The number of hydrogen-bond donors (Lipinski definition) is 1. The highest BCUT2D eigenvalue weighted by atomic mass is 16.3. The summed E-state index contributed by atoms with van der Waals surface area (Å²) in [5.41, 5.74) is 0.276. The normalized spacial score (nSPS) is 39.8. The molecule has 1 heterocycles. The second-order valence-electron chi connectivity index (χ2n) is 7.31. The molecule has 0 radical (unpaired) electrons. The molecule has 0 amide bonds. The summed E-state index contributed by atoms with van der Waals surface area (Å²) in [5, 5.41) is 10.9. The zero-order chi connectivity index (χ0) is 14.0. The van der Waals surface area contributed by atoms with Crippen LogP contribution in [0.3, 0.4) is 0 Å². The molecule has 1 aromatic heterocycles. The first kappa shape index (κ1) is 13.0. The quantitative estimate of drug-likeness (QED) is 0.887. The lowest BCUT2D eigenvalue weighted by molar-refractivity contribution is 0.00510. The minimum absolute atomic E-state index is 0.0573. The minimum atomic E-state index is -0.235. The monoisotopic (exact) mass is 262 g/mol. The van der Waals surface area contributed by atoms with Crippen molar-refractivity contribution in [2.24, 2.45) is 23.8 Å². The third-order valence-corrected chi connectivity index (χ3v) is 6.49. The Hall–Kier alpha value is -0.960. The third-order valence-electron chi connectivity index (χ3n) is 6.49. The lowest BCUT2D eigenvalue weighted by Crippen LogP contribution is -2.48. The molecule has 106 valence electrons. The fourth-order valence-corrected chi connectivity index (χ4v) is 4.74. The fourth-order valence-electron chi connectivity index (χ4n) is 4.74. The average Bonchev–Trinajstić information content (AvgIpc) is 2.89. The van der Waals surface area contributed by atoms with Crippen LogP contribution in [0.4, 0.5) is 5.82 Å². The summed E-state index contributed by atoms with van der Waals surface area (Å²) in [7, 11) is 4.20. The van der Waals surface area contributed by atoms with Gasteiger partial charge in [0.1, 0.15) is 5.82 Å². The van der Waals surface area contributed by atoms with E-state index in [0.717, 1.165) is 6.42 Å². The predicted octanol–water partition coefficient (Wildman–Crippen LogP) is 2.65. The summed E-state index contributed by atoms with van der Waals surface area (Å²) in [4.78, 5) is 2.29. The number of nitrogens with zero attached hydrogens (tertiary/aromatic N) is 2. The Morgan fingerprint density at radius 1 is 1.37 bits per heavy atom. The van der Waals surface area contributed by atoms with E-state index in [1.165, 1.54) is 12.2 Å². The highest BCUT2D eigenvalue weighted by Crippen LogP contribution is 2.66. The number of aromatic nitrogens is 1. The molecule has 2 saturated carbocycles. The highest BCUT2D eigenvalue weighted by molar-refractivity contribution is 5.43. The molecule has 3 heteroatoms.